The van der Waals surface area contributed by atoms with Crippen molar-refractivity contribution in [1.29, 1.82) is 0 Å². The molecule has 2 aliphatic heterocycles. The third kappa shape index (κ3) is 5.13. The highest BCUT2D eigenvalue weighted by molar-refractivity contribution is 6.13. The van der Waals surface area contributed by atoms with Crippen LogP contribution >= 0.6 is 0 Å². The second-order valence-corrected chi connectivity index (χ2v) is 9.58. The van der Waals surface area contributed by atoms with Gasteiger partial charge in [0.05, 0.1) is 37.2 Å². The predicted molar refractivity (Wildman–Crippen MR) is 148 cm³/mol. The molecule has 5 N–H and O–H groups in total. The SMILES string of the molecule is CCOC(=O)c1cncn1C(C)c1ccccc1.CN1N=C(N)c2cn([C@@H]3O[C@H](CO)[C@@H](O)[C@H]3O)c3ncnc1c23. The van der Waals surface area contributed by atoms with Gasteiger partial charge in [0.15, 0.2) is 17.9 Å². The van der Waals surface area contributed by atoms with Gasteiger partial charge >= 0.3 is 5.97 Å². The lowest BCUT2D eigenvalue weighted by Gasteiger charge is -2.19. The Balaban J connectivity index is 0.000000170. The number of carbonyl (C=O) groups is 1. The summed E-state index contributed by atoms with van der Waals surface area (Å²) in [6.07, 6.45) is 2.09. The van der Waals surface area contributed by atoms with Crippen LogP contribution < -0.4 is 10.7 Å². The van der Waals surface area contributed by atoms with Crippen molar-refractivity contribution in [3.05, 3.63) is 72.2 Å². The van der Waals surface area contributed by atoms with E-state index >= 15 is 0 Å². The number of benzene rings is 1. The van der Waals surface area contributed by atoms with Gasteiger partial charge in [0.2, 0.25) is 0 Å². The normalized spacial score (nSPS) is 22.2. The number of nitrogens with two attached hydrogens (primary N) is 1. The molecule has 1 fully saturated rings. The van der Waals surface area contributed by atoms with Gasteiger partial charge in [-0.1, -0.05) is 30.3 Å². The molecule has 1 aromatic carbocycles. The topological polar surface area (TPSA) is 186 Å². The minimum Gasteiger partial charge on any atom is -0.461 e. The molecule has 0 saturated carbocycles. The number of aromatic nitrogens is 5. The van der Waals surface area contributed by atoms with Crippen LogP contribution in [0.4, 0.5) is 5.82 Å². The van der Waals surface area contributed by atoms with E-state index in [9.17, 15) is 20.1 Å². The molecule has 4 aromatic rings. The van der Waals surface area contributed by atoms with Gasteiger partial charge in [0.25, 0.3) is 0 Å². The van der Waals surface area contributed by atoms with E-state index in [1.54, 1.807) is 36.1 Å². The van der Waals surface area contributed by atoms with E-state index in [0.717, 1.165) is 5.56 Å². The Morgan fingerprint density at radius 3 is 2.63 bits per heavy atom. The summed E-state index contributed by atoms with van der Waals surface area (Å²) < 4.78 is 14.0. The third-order valence-corrected chi connectivity index (χ3v) is 7.07. The Bertz CT molecular complexity index is 1550. The number of aliphatic hydroxyl groups excluding tert-OH is 3. The van der Waals surface area contributed by atoms with E-state index in [1.165, 1.54) is 12.5 Å². The first-order valence-corrected chi connectivity index (χ1v) is 13.1. The molecular formula is C27H32N8O6. The van der Waals surface area contributed by atoms with Gasteiger partial charge in [-0.3, -0.25) is 0 Å². The van der Waals surface area contributed by atoms with E-state index in [-0.39, 0.29) is 12.0 Å². The lowest BCUT2D eigenvalue weighted by Crippen LogP contribution is -2.33. The smallest absolute Gasteiger partial charge is 0.356 e. The maximum atomic E-state index is 11.8. The Morgan fingerprint density at radius 2 is 1.95 bits per heavy atom. The lowest BCUT2D eigenvalue weighted by molar-refractivity contribution is -0.0508. The number of hydrazone groups is 1. The van der Waals surface area contributed by atoms with Crippen LogP contribution in [-0.2, 0) is 9.47 Å². The number of rotatable bonds is 6. The maximum Gasteiger partial charge on any atom is 0.356 e. The van der Waals surface area contributed by atoms with Gasteiger partial charge in [-0.05, 0) is 19.4 Å². The maximum absolute atomic E-state index is 11.8. The minimum atomic E-state index is -1.20. The average molecular weight is 565 g/mol. The number of esters is 1. The quantitative estimate of drug-likeness (QED) is 0.242. The van der Waals surface area contributed by atoms with Crippen molar-refractivity contribution in [3.8, 4) is 0 Å². The van der Waals surface area contributed by atoms with E-state index < -0.39 is 31.1 Å². The molecule has 3 aromatic heterocycles. The summed E-state index contributed by atoms with van der Waals surface area (Å²) >= 11 is 0. The van der Waals surface area contributed by atoms with E-state index in [0.29, 0.717) is 40.6 Å². The molecule has 1 unspecified atom stereocenters. The van der Waals surface area contributed by atoms with Crippen molar-refractivity contribution in [2.45, 2.75) is 44.4 Å². The average Bonchev–Trinajstić information content (AvgIpc) is 3.69. The van der Waals surface area contributed by atoms with E-state index in [2.05, 4.69) is 20.1 Å². The zero-order valence-corrected chi connectivity index (χ0v) is 22.8. The van der Waals surface area contributed by atoms with E-state index in [1.807, 2.05) is 41.8 Å². The predicted octanol–water partition coefficient (Wildman–Crippen LogP) is 0.782. The summed E-state index contributed by atoms with van der Waals surface area (Å²) in [5.74, 6) is 0.549. The monoisotopic (exact) mass is 564 g/mol. The van der Waals surface area contributed by atoms with Crippen molar-refractivity contribution in [2.24, 2.45) is 10.8 Å². The molecular weight excluding hydrogens is 532 g/mol. The molecule has 0 spiro atoms. The fraction of sp³-hybridized carbons (Fsp3) is 0.370. The van der Waals surface area contributed by atoms with Gasteiger partial charge in [-0.25, -0.2) is 24.8 Å². The van der Waals surface area contributed by atoms with Crippen LogP contribution in [0.1, 0.15) is 47.7 Å². The zero-order chi connectivity index (χ0) is 29.3. The lowest BCUT2D eigenvalue weighted by atomic mass is 10.1. The number of imidazole rings is 1. The second-order valence-electron chi connectivity index (χ2n) is 9.58. The van der Waals surface area contributed by atoms with Gasteiger partial charge in [-0.2, -0.15) is 5.10 Å². The molecule has 1 saturated heterocycles. The standard InChI is InChI=1S/C14H16N2O2.C13H16N6O4/c1-3-18-14(17)13-9-15-10-16(13)11(2)12-7-5-4-6-8-12;1-18-11-7-5(10(14)17-18)2-19(12(7)16-4-15-11)13-9(22)8(21)6(3-20)23-13/h4-11H,3H2,1-2H3;2,4,6,8-9,13,20-22H,3H2,1H3,(H2,14,17)/t;6-,8-,9-,13-/m.1/s1. The molecule has 216 valence electrons. The highest BCUT2D eigenvalue weighted by Crippen LogP contribution is 2.37. The molecule has 0 radical (unpaired) electrons. The Hall–Kier alpha value is -4.37. The first-order chi connectivity index (χ1) is 19.8. The highest BCUT2D eigenvalue weighted by Gasteiger charge is 2.44. The summed E-state index contributed by atoms with van der Waals surface area (Å²) in [5, 5.41) is 35.9. The molecule has 0 amide bonds. The van der Waals surface area contributed by atoms with Gasteiger partial charge < -0.3 is 39.7 Å². The number of ether oxygens (including phenoxy) is 2. The first-order valence-electron chi connectivity index (χ1n) is 13.1. The molecule has 41 heavy (non-hydrogen) atoms. The number of anilines is 1. The Kier molecular flexibility index (Phi) is 7.99. The summed E-state index contributed by atoms with van der Waals surface area (Å²) in [7, 11) is 1.72. The Morgan fingerprint density at radius 1 is 1.20 bits per heavy atom. The molecule has 14 heteroatoms. The van der Waals surface area contributed by atoms with E-state index in [4.69, 9.17) is 15.2 Å². The van der Waals surface area contributed by atoms with Crippen LogP contribution in [0.2, 0.25) is 0 Å². The van der Waals surface area contributed by atoms with Crippen LogP contribution in [0.3, 0.4) is 0 Å². The molecule has 5 atom stereocenters. The molecule has 2 aliphatic rings. The number of hydrogen-bond acceptors (Lipinski definition) is 12. The Labute approximate surface area is 235 Å². The van der Waals surface area contributed by atoms with Crippen LogP contribution in [0.15, 0.2) is 60.5 Å². The van der Waals surface area contributed by atoms with Crippen LogP contribution in [0.5, 0.6) is 0 Å². The molecule has 6 rings (SSSR count). The third-order valence-electron chi connectivity index (χ3n) is 7.07. The summed E-state index contributed by atoms with van der Waals surface area (Å²) in [6, 6.07) is 10.0. The molecule has 0 aliphatic carbocycles. The number of amidine groups is 1. The van der Waals surface area contributed by atoms with Crippen molar-refractivity contribution in [3.63, 3.8) is 0 Å². The molecule has 0 bridgehead atoms. The fourth-order valence-electron chi connectivity index (χ4n) is 4.94. The first kappa shape index (κ1) is 28.2. The fourth-order valence-corrected chi connectivity index (χ4v) is 4.94. The van der Waals surface area contributed by atoms with Gasteiger partial charge in [-0.15, -0.1) is 0 Å². The largest absolute Gasteiger partial charge is 0.461 e. The molecule has 5 heterocycles. The zero-order valence-electron chi connectivity index (χ0n) is 22.8. The van der Waals surface area contributed by atoms with Crippen LogP contribution in [0, 0.1) is 0 Å². The van der Waals surface area contributed by atoms with Crippen molar-refractivity contribution < 1.29 is 29.6 Å². The van der Waals surface area contributed by atoms with Crippen LogP contribution in [-0.4, -0.2) is 89.8 Å². The van der Waals surface area contributed by atoms with Crippen molar-refractivity contribution in [2.75, 3.05) is 25.3 Å². The second kappa shape index (κ2) is 11.6. The summed E-state index contributed by atoms with van der Waals surface area (Å²) in [4.78, 5) is 24.3. The molecule has 14 nitrogen and oxygen atoms in total. The highest BCUT2D eigenvalue weighted by atomic mass is 16.6. The van der Waals surface area contributed by atoms with Crippen LogP contribution in [0.25, 0.3) is 11.0 Å². The van der Waals surface area contributed by atoms with Gasteiger partial charge in [0.1, 0.15) is 36.0 Å². The summed E-state index contributed by atoms with van der Waals surface area (Å²) in [5.41, 5.74) is 8.71. The number of nitrogens with zero attached hydrogens (tertiary/aromatic N) is 7. The van der Waals surface area contributed by atoms with Gasteiger partial charge in [0, 0.05) is 18.8 Å². The number of hydrogen-bond donors (Lipinski definition) is 4. The number of aliphatic hydroxyl groups is 3. The summed E-state index contributed by atoms with van der Waals surface area (Å²) in [6.45, 7) is 3.79. The van der Waals surface area contributed by atoms with Crippen molar-refractivity contribution >= 4 is 28.7 Å². The van der Waals surface area contributed by atoms with Crippen molar-refractivity contribution in [1.82, 2.24) is 24.1 Å². The number of carbonyl (C=O) groups excluding carboxylic acids is 1. The minimum absolute atomic E-state index is 0.0492.